The third kappa shape index (κ3) is 5.62. The van der Waals surface area contributed by atoms with E-state index in [0.717, 1.165) is 6.42 Å². The molecule has 0 spiro atoms. The van der Waals surface area contributed by atoms with Gasteiger partial charge in [-0.05, 0) is 61.7 Å². The van der Waals surface area contributed by atoms with E-state index in [0.29, 0.717) is 48.0 Å². The second kappa shape index (κ2) is 9.61. The first-order valence-corrected chi connectivity index (χ1v) is 8.70. The summed E-state index contributed by atoms with van der Waals surface area (Å²) in [5, 5.41) is 0. The third-order valence-corrected chi connectivity index (χ3v) is 3.66. The highest BCUT2D eigenvalue weighted by Crippen LogP contribution is 2.29. The lowest BCUT2D eigenvalue weighted by Gasteiger charge is -2.11. The van der Waals surface area contributed by atoms with Gasteiger partial charge < -0.3 is 14.2 Å². The Bertz CT molecular complexity index is 735. The number of esters is 1. The number of rotatable bonds is 9. The highest BCUT2D eigenvalue weighted by atomic mass is 16.6. The standard InChI is InChI=1S/C21H24O5/c1-4-24-20-13-16(14-22)5-10-19(20)26-21(23)17-6-8-18(9-7-17)25-12-11-15(2)3/h5-10,13-15H,4,11-12H2,1-3H3. The monoisotopic (exact) mass is 356 g/mol. The fraction of sp³-hybridized carbons (Fsp3) is 0.333. The minimum atomic E-state index is -0.501. The number of hydrogen-bond donors (Lipinski definition) is 0. The maximum atomic E-state index is 12.4. The second-order valence-electron chi connectivity index (χ2n) is 6.20. The number of hydrogen-bond acceptors (Lipinski definition) is 5. The van der Waals surface area contributed by atoms with E-state index >= 15 is 0 Å². The van der Waals surface area contributed by atoms with Gasteiger partial charge in [-0.3, -0.25) is 4.79 Å². The van der Waals surface area contributed by atoms with Gasteiger partial charge in [0.05, 0.1) is 18.8 Å². The van der Waals surface area contributed by atoms with Crippen molar-refractivity contribution in [2.45, 2.75) is 27.2 Å². The molecule has 0 fully saturated rings. The minimum Gasteiger partial charge on any atom is -0.494 e. The first-order chi connectivity index (χ1) is 12.5. The molecule has 0 atom stereocenters. The normalized spacial score (nSPS) is 10.5. The van der Waals surface area contributed by atoms with Crippen LogP contribution in [0.2, 0.25) is 0 Å². The minimum absolute atomic E-state index is 0.278. The predicted octanol–water partition coefficient (Wildman–Crippen LogP) is 4.54. The molecule has 0 aromatic heterocycles. The number of benzene rings is 2. The molecule has 2 aromatic carbocycles. The molecular formula is C21H24O5. The van der Waals surface area contributed by atoms with Gasteiger partial charge in [-0.25, -0.2) is 4.79 Å². The lowest BCUT2D eigenvalue weighted by molar-refractivity contribution is 0.0728. The number of carbonyl (C=O) groups excluding carboxylic acids is 2. The Morgan fingerprint density at radius 1 is 1.04 bits per heavy atom. The first-order valence-electron chi connectivity index (χ1n) is 8.70. The predicted molar refractivity (Wildman–Crippen MR) is 99.3 cm³/mol. The maximum absolute atomic E-state index is 12.4. The van der Waals surface area contributed by atoms with Crippen LogP contribution in [0.5, 0.6) is 17.2 Å². The zero-order valence-corrected chi connectivity index (χ0v) is 15.4. The van der Waals surface area contributed by atoms with Crippen molar-refractivity contribution in [2.24, 2.45) is 5.92 Å². The third-order valence-electron chi connectivity index (χ3n) is 3.66. The second-order valence-corrected chi connectivity index (χ2v) is 6.20. The fourth-order valence-electron chi connectivity index (χ4n) is 2.21. The lowest BCUT2D eigenvalue weighted by Crippen LogP contribution is -2.10. The van der Waals surface area contributed by atoms with Crippen LogP contribution in [-0.2, 0) is 0 Å². The van der Waals surface area contributed by atoms with Crippen LogP contribution in [0.3, 0.4) is 0 Å². The SMILES string of the molecule is CCOc1cc(C=O)ccc1OC(=O)c1ccc(OCCC(C)C)cc1. The summed E-state index contributed by atoms with van der Waals surface area (Å²) in [7, 11) is 0. The van der Waals surface area contributed by atoms with Crippen molar-refractivity contribution in [3.63, 3.8) is 0 Å². The summed E-state index contributed by atoms with van der Waals surface area (Å²) in [4.78, 5) is 23.2. The average Bonchev–Trinajstić information content (AvgIpc) is 2.63. The van der Waals surface area contributed by atoms with Gasteiger partial charge in [-0.1, -0.05) is 13.8 Å². The molecule has 0 aliphatic heterocycles. The van der Waals surface area contributed by atoms with E-state index in [1.165, 1.54) is 0 Å². The summed E-state index contributed by atoms with van der Waals surface area (Å²) in [5.74, 6) is 1.43. The van der Waals surface area contributed by atoms with Crippen molar-refractivity contribution >= 4 is 12.3 Å². The van der Waals surface area contributed by atoms with Gasteiger partial charge in [0.1, 0.15) is 12.0 Å². The molecule has 0 N–H and O–H groups in total. The van der Waals surface area contributed by atoms with Gasteiger partial charge in [0.2, 0.25) is 0 Å². The summed E-state index contributed by atoms with van der Waals surface area (Å²) in [6.45, 7) is 7.13. The van der Waals surface area contributed by atoms with Crippen LogP contribution >= 0.6 is 0 Å². The molecule has 26 heavy (non-hydrogen) atoms. The van der Waals surface area contributed by atoms with E-state index in [9.17, 15) is 9.59 Å². The molecular weight excluding hydrogens is 332 g/mol. The van der Waals surface area contributed by atoms with Crippen LogP contribution in [0.15, 0.2) is 42.5 Å². The summed E-state index contributed by atoms with van der Waals surface area (Å²) in [6.07, 6.45) is 1.69. The summed E-state index contributed by atoms with van der Waals surface area (Å²) >= 11 is 0. The van der Waals surface area contributed by atoms with Gasteiger partial charge in [0, 0.05) is 5.56 Å². The van der Waals surface area contributed by atoms with Crippen LogP contribution < -0.4 is 14.2 Å². The Labute approximate surface area is 153 Å². The Morgan fingerprint density at radius 3 is 2.38 bits per heavy atom. The Balaban J connectivity index is 2.04. The van der Waals surface area contributed by atoms with Gasteiger partial charge in [-0.2, -0.15) is 0 Å². The number of ether oxygens (including phenoxy) is 3. The fourth-order valence-corrected chi connectivity index (χ4v) is 2.21. The first kappa shape index (κ1) is 19.5. The summed E-state index contributed by atoms with van der Waals surface area (Å²) in [5.41, 5.74) is 0.860. The van der Waals surface area contributed by atoms with Crippen LogP contribution in [-0.4, -0.2) is 25.5 Å². The number of carbonyl (C=O) groups is 2. The van der Waals surface area contributed by atoms with Gasteiger partial charge in [0.25, 0.3) is 0 Å². The van der Waals surface area contributed by atoms with Crippen molar-refractivity contribution in [1.82, 2.24) is 0 Å². The van der Waals surface area contributed by atoms with Crippen molar-refractivity contribution in [2.75, 3.05) is 13.2 Å². The van der Waals surface area contributed by atoms with Crippen molar-refractivity contribution in [3.05, 3.63) is 53.6 Å². The van der Waals surface area contributed by atoms with E-state index < -0.39 is 5.97 Å². The van der Waals surface area contributed by atoms with Crippen molar-refractivity contribution in [3.8, 4) is 17.2 Å². The highest BCUT2D eigenvalue weighted by molar-refractivity contribution is 5.91. The highest BCUT2D eigenvalue weighted by Gasteiger charge is 2.13. The van der Waals surface area contributed by atoms with Gasteiger partial charge in [-0.15, -0.1) is 0 Å². The van der Waals surface area contributed by atoms with Crippen molar-refractivity contribution < 1.29 is 23.8 Å². The van der Waals surface area contributed by atoms with E-state index in [2.05, 4.69) is 13.8 Å². The van der Waals surface area contributed by atoms with Crippen LogP contribution in [0.1, 0.15) is 47.9 Å². The van der Waals surface area contributed by atoms with Crippen molar-refractivity contribution in [1.29, 1.82) is 0 Å². The van der Waals surface area contributed by atoms with E-state index in [1.807, 2.05) is 6.92 Å². The van der Waals surface area contributed by atoms with Crippen LogP contribution in [0, 0.1) is 5.92 Å². The molecule has 2 rings (SSSR count). The molecule has 0 amide bonds. The zero-order chi connectivity index (χ0) is 18.9. The molecule has 0 saturated heterocycles. The Hall–Kier alpha value is -2.82. The molecule has 0 heterocycles. The molecule has 0 saturated carbocycles. The molecule has 138 valence electrons. The van der Waals surface area contributed by atoms with E-state index in [1.54, 1.807) is 42.5 Å². The molecule has 0 aliphatic rings. The Kier molecular flexibility index (Phi) is 7.21. The zero-order valence-electron chi connectivity index (χ0n) is 15.4. The average molecular weight is 356 g/mol. The number of aldehydes is 1. The maximum Gasteiger partial charge on any atom is 0.343 e. The molecule has 5 nitrogen and oxygen atoms in total. The van der Waals surface area contributed by atoms with Crippen LogP contribution in [0.4, 0.5) is 0 Å². The lowest BCUT2D eigenvalue weighted by atomic mass is 10.1. The van der Waals surface area contributed by atoms with Crippen LogP contribution in [0.25, 0.3) is 0 Å². The Morgan fingerprint density at radius 2 is 1.77 bits per heavy atom. The molecule has 0 aliphatic carbocycles. The summed E-state index contributed by atoms with van der Waals surface area (Å²) in [6, 6.07) is 11.5. The quantitative estimate of drug-likeness (QED) is 0.375. The molecule has 5 heteroatoms. The largest absolute Gasteiger partial charge is 0.494 e. The molecule has 0 unspecified atom stereocenters. The molecule has 0 bridgehead atoms. The van der Waals surface area contributed by atoms with Gasteiger partial charge >= 0.3 is 5.97 Å². The smallest absolute Gasteiger partial charge is 0.343 e. The molecule has 2 aromatic rings. The van der Waals surface area contributed by atoms with E-state index in [4.69, 9.17) is 14.2 Å². The van der Waals surface area contributed by atoms with Gasteiger partial charge in [0.15, 0.2) is 11.5 Å². The molecule has 0 radical (unpaired) electrons. The van der Waals surface area contributed by atoms with E-state index in [-0.39, 0.29) is 5.75 Å². The topological polar surface area (TPSA) is 61.8 Å². The summed E-state index contributed by atoms with van der Waals surface area (Å²) < 4.78 is 16.5.